The van der Waals surface area contributed by atoms with Gasteiger partial charge in [-0.15, -0.1) is 20.7 Å². The molecule has 12 heteroatoms. The molecule has 1 aromatic rings. The molecule has 348 valence electrons. The van der Waals surface area contributed by atoms with Crippen LogP contribution in [0.4, 0.5) is 0 Å². The van der Waals surface area contributed by atoms with Gasteiger partial charge in [0.2, 0.25) is 5.91 Å². The number of fused-ring (bicyclic) bond motifs is 7. The molecule has 7 rings (SSSR count). The zero-order chi connectivity index (χ0) is 46.5. The van der Waals surface area contributed by atoms with Crippen LogP contribution in [0.25, 0.3) is 0 Å². The highest BCUT2D eigenvalue weighted by Crippen LogP contribution is 2.80. The van der Waals surface area contributed by atoms with Crippen molar-refractivity contribution < 1.29 is 38.9 Å². The van der Waals surface area contributed by atoms with E-state index in [4.69, 9.17) is 20.9 Å². The Hall–Kier alpha value is -2.64. The first kappa shape index (κ1) is 48.3. The summed E-state index contributed by atoms with van der Waals surface area (Å²) in [5, 5.41) is 26.6. The van der Waals surface area contributed by atoms with Gasteiger partial charge < -0.3 is 25.6 Å². The summed E-state index contributed by atoms with van der Waals surface area (Å²) in [6, 6.07) is 6.49. The molecular formula is C51H72ClIN2O8. The fourth-order valence-electron chi connectivity index (χ4n) is 15.0. The number of halogens is 2. The number of rotatable bonds is 12. The molecule has 0 spiro atoms. The lowest BCUT2D eigenvalue weighted by Crippen LogP contribution is -2.71. The number of carbonyl (C=O) groups excluding carboxylic acids is 4. The van der Waals surface area contributed by atoms with Gasteiger partial charge in [-0.2, -0.15) is 0 Å². The lowest BCUT2D eigenvalue weighted by Gasteiger charge is -2.75. The van der Waals surface area contributed by atoms with Crippen molar-refractivity contribution in [3.05, 3.63) is 46.0 Å². The van der Waals surface area contributed by atoms with Crippen molar-refractivity contribution in [1.29, 1.82) is 0 Å². The molecule has 0 bridgehead atoms. The minimum Gasteiger partial charge on any atom is -0.481 e. The number of aliphatic hydroxyl groups excluding tert-OH is 1. The van der Waals surface area contributed by atoms with E-state index in [1.54, 1.807) is 31.2 Å². The highest BCUT2D eigenvalue weighted by atomic mass is 127. The Morgan fingerprint density at radius 1 is 0.921 bits per heavy atom. The number of nitrogens with one attached hydrogen (secondary N) is 2. The Morgan fingerprint density at radius 3 is 2.16 bits per heavy atom. The molecule has 0 radical (unpaired) electrons. The number of benzene rings is 1. The highest BCUT2D eigenvalue weighted by molar-refractivity contribution is 14.2. The van der Waals surface area contributed by atoms with Gasteiger partial charge in [0, 0.05) is 44.2 Å². The quantitative estimate of drug-likeness (QED) is 0.0916. The summed E-state index contributed by atoms with van der Waals surface area (Å²) in [5.74, 6) is -1.91. The van der Waals surface area contributed by atoms with E-state index in [9.17, 15) is 34.2 Å². The van der Waals surface area contributed by atoms with E-state index < -0.39 is 54.9 Å². The molecule has 1 aromatic carbocycles. The number of ketones is 1. The number of Topliss-reactive ketones (excluding diaryl/α,β-unsaturated/α-hetero) is 1. The molecule has 0 aromatic heterocycles. The second kappa shape index (κ2) is 16.3. The number of amides is 2. The molecule has 5 fully saturated rings. The Balaban J connectivity index is 1.12. The smallest absolute Gasteiger partial charge is 0.309 e. The number of carboxylic acid groups (broad SMARTS) is 1. The van der Waals surface area contributed by atoms with E-state index in [2.05, 4.69) is 59.1 Å². The summed E-state index contributed by atoms with van der Waals surface area (Å²) in [7, 11) is 0. The van der Waals surface area contributed by atoms with Gasteiger partial charge in [-0.25, -0.2) is 0 Å². The highest BCUT2D eigenvalue weighted by Gasteiger charge is 2.74. The Labute approximate surface area is 390 Å². The topological polar surface area (TPSA) is 159 Å². The summed E-state index contributed by atoms with van der Waals surface area (Å²) in [4.78, 5) is 67.2. The molecule has 4 N–H and O–H groups in total. The van der Waals surface area contributed by atoms with Crippen LogP contribution in [0.3, 0.4) is 0 Å². The maximum absolute atomic E-state index is 14.3. The zero-order valence-electron chi connectivity index (χ0n) is 39.3. The van der Waals surface area contributed by atoms with Crippen molar-refractivity contribution in [2.45, 2.75) is 155 Å². The monoisotopic (exact) mass is 1000 g/mol. The maximum Gasteiger partial charge on any atom is 0.309 e. The summed E-state index contributed by atoms with van der Waals surface area (Å²) in [6.07, 6.45) is 7.88. The number of hydrogen-bond acceptors (Lipinski definition) is 7. The second-order valence-electron chi connectivity index (χ2n) is 23.1. The van der Waals surface area contributed by atoms with Gasteiger partial charge in [-0.3, -0.25) is 24.0 Å². The molecule has 10 nitrogen and oxygen atoms in total. The number of hydrogen-bond donors (Lipinski definition) is 4. The van der Waals surface area contributed by atoms with Crippen molar-refractivity contribution in [2.75, 3.05) is 13.2 Å². The van der Waals surface area contributed by atoms with Crippen LogP contribution in [-0.2, 0) is 23.9 Å². The van der Waals surface area contributed by atoms with Crippen molar-refractivity contribution in [2.24, 2.45) is 62.1 Å². The Morgan fingerprint density at radius 2 is 1.57 bits per heavy atom. The molecule has 11 atom stereocenters. The van der Waals surface area contributed by atoms with Crippen LogP contribution < -0.4 is 10.6 Å². The number of carboxylic acids is 1. The van der Waals surface area contributed by atoms with Crippen molar-refractivity contribution in [1.82, 2.24) is 10.6 Å². The SMILES string of the molecule is C=I[C@@]12CC[C@]3(C)[C@H](CC[C@@H]4C5=C(C(C)C)C(=O)C[C@]5(CC(=O)NCC(C)(CO)NC(=O)c5ccc(Cl)cc5)CC[C@]43C)[C@@]1(C)CC[C@H](OC(=O)[C@H]1C[C@@H](C(=O)O)C1(C)C)C2(C)C. The van der Waals surface area contributed by atoms with E-state index in [1.165, 1.54) is 5.57 Å². The van der Waals surface area contributed by atoms with Crippen molar-refractivity contribution in [3.8, 4) is 0 Å². The summed E-state index contributed by atoms with van der Waals surface area (Å²) < 4.78 is 11.2. The number of aliphatic hydroxyl groups is 1. The largest absolute Gasteiger partial charge is 0.481 e. The van der Waals surface area contributed by atoms with Gasteiger partial charge in [0.1, 0.15) is 6.10 Å². The maximum atomic E-state index is 14.3. The van der Waals surface area contributed by atoms with E-state index in [0.717, 1.165) is 56.9 Å². The number of allylic oxidation sites excluding steroid dienone is 2. The molecule has 0 heterocycles. The zero-order valence-corrected chi connectivity index (χ0v) is 42.2. The average molecular weight is 1000 g/mol. The minimum absolute atomic E-state index is 0.0258. The van der Waals surface area contributed by atoms with E-state index >= 15 is 0 Å². The van der Waals surface area contributed by atoms with Gasteiger partial charge in [-0.1, -0.05) is 84.0 Å². The number of carbonyl (C=O) groups is 5. The van der Waals surface area contributed by atoms with Crippen LogP contribution in [0.1, 0.15) is 150 Å². The predicted molar refractivity (Wildman–Crippen MR) is 255 cm³/mol. The van der Waals surface area contributed by atoms with Gasteiger partial charge in [-0.05, 0) is 134 Å². The van der Waals surface area contributed by atoms with E-state index in [-0.39, 0.29) is 86.2 Å². The molecule has 63 heavy (non-hydrogen) atoms. The molecule has 2 amide bonds. The normalized spacial score (nSPS) is 38.5. The van der Waals surface area contributed by atoms with Gasteiger partial charge >= 0.3 is 11.9 Å². The predicted octanol–water partition coefficient (Wildman–Crippen LogP) is 9.49. The fraction of sp³-hybridized carbons (Fsp3) is 0.725. The van der Waals surface area contributed by atoms with Crippen molar-refractivity contribution >= 4 is 66.4 Å². The molecule has 0 aliphatic heterocycles. The molecule has 6 aliphatic rings. The average Bonchev–Trinajstić information content (AvgIpc) is 3.50. The van der Waals surface area contributed by atoms with Crippen LogP contribution in [0, 0.1) is 62.1 Å². The summed E-state index contributed by atoms with van der Waals surface area (Å²) >= 11 is 5.46. The molecule has 6 aliphatic carbocycles. The first-order chi connectivity index (χ1) is 29.2. The van der Waals surface area contributed by atoms with Crippen LogP contribution in [-0.4, -0.2) is 72.5 Å². The van der Waals surface area contributed by atoms with Crippen LogP contribution in [0.2, 0.25) is 5.02 Å². The third kappa shape index (κ3) is 7.23. The first-order valence-electron chi connectivity index (χ1n) is 23.3. The second-order valence-corrected chi connectivity index (χ2v) is 26.1. The standard InChI is InChI=1S/C51H72ClIN2O8/c1-29(2)39-35(57)25-50(26-38(58)54-27-46(7,28-56)55-41(59)30-12-14-31(52)15-13-30)22-20-47(8)32(40(39)50)16-17-36-48(47,9)21-23-51(53-11)45(5,6)37(18-19-49(36,51)10)63-43(62)34-24-33(42(60)61)44(34,3)4/h12-15,29,32-34,36-37,56H,11,16-28H2,1-10H3,(H,54,58)(H,55,59)(H,60,61)/t32-,33+,34-,36+,37+,46?,47-,48-,49-,50+,51-/m1/s1. The van der Waals surface area contributed by atoms with Crippen molar-refractivity contribution in [3.63, 3.8) is 0 Å². The summed E-state index contributed by atoms with van der Waals surface area (Å²) in [5.41, 5.74) is -0.344. The van der Waals surface area contributed by atoms with Gasteiger partial charge in [0.25, 0.3) is 5.91 Å². The lowest BCUT2D eigenvalue weighted by atomic mass is 9.33. The van der Waals surface area contributed by atoms with Crippen LogP contribution in [0.5, 0.6) is 0 Å². The molecule has 1 unspecified atom stereocenters. The lowest BCUT2D eigenvalue weighted by molar-refractivity contribution is -0.221. The van der Waals surface area contributed by atoms with Gasteiger partial charge in [0.15, 0.2) is 5.78 Å². The molecule has 5 saturated carbocycles. The molecule has 0 saturated heterocycles. The van der Waals surface area contributed by atoms with E-state index in [1.807, 2.05) is 13.8 Å². The Bertz CT molecular complexity index is 2120. The van der Waals surface area contributed by atoms with Crippen LogP contribution >= 0.6 is 32.3 Å². The number of esters is 1. The number of alkyl halides is 1. The van der Waals surface area contributed by atoms with E-state index in [0.29, 0.717) is 29.3 Å². The Kier molecular flexibility index (Phi) is 12.5. The minimum atomic E-state index is -1.12. The third-order valence-corrected chi connectivity index (χ3v) is 23.8. The van der Waals surface area contributed by atoms with Gasteiger partial charge in [0.05, 0.1) is 24.0 Å². The molecular weight excluding hydrogens is 931 g/mol. The summed E-state index contributed by atoms with van der Waals surface area (Å²) in [6.45, 7) is 21.5. The number of aliphatic carboxylic acids is 1. The first-order valence-corrected chi connectivity index (χ1v) is 26.3. The third-order valence-electron chi connectivity index (χ3n) is 19.1. The number of ether oxygens (including phenoxy) is 1. The van der Waals surface area contributed by atoms with Crippen LogP contribution in [0.15, 0.2) is 35.4 Å². The fourth-order valence-corrected chi connectivity index (χ4v) is 18.7.